The highest BCUT2D eigenvalue weighted by atomic mass is 16.7. The van der Waals surface area contributed by atoms with Gasteiger partial charge in [0.2, 0.25) is 6.79 Å². The highest BCUT2D eigenvalue weighted by molar-refractivity contribution is 5.86. The molecule has 1 amide bonds. The topological polar surface area (TPSA) is 72.9 Å². The second-order valence-electron chi connectivity index (χ2n) is 8.42. The maximum Gasteiger partial charge on any atom is 0.258 e. The van der Waals surface area contributed by atoms with Gasteiger partial charge >= 0.3 is 0 Å². The van der Waals surface area contributed by atoms with Gasteiger partial charge in [0.1, 0.15) is 17.1 Å². The molecule has 0 bridgehead atoms. The van der Waals surface area contributed by atoms with Gasteiger partial charge in [-0.2, -0.15) is 0 Å². The van der Waals surface area contributed by atoms with E-state index >= 15 is 0 Å². The number of piperidine rings is 1. The first-order valence-corrected chi connectivity index (χ1v) is 11.1. The molecule has 1 N–H and O–H groups in total. The summed E-state index contributed by atoms with van der Waals surface area (Å²) in [7, 11) is 0. The molecular formula is C25H27N3O4. The van der Waals surface area contributed by atoms with Gasteiger partial charge in [0, 0.05) is 25.0 Å². The third kappa shape index (κ3) is 4.42. The van der Waals surface area contributed by atoms with Gasteiger partial charge in [-0.25, -0.2) is 4.98 Å². The van der Waals surface area contributed by atoms with E-state index < -0.39 is 0 Å². The van der Waals surface area contributed by atoms with Crippen LogP contribution in [0, 0.1) is 5.92 Å². The van der Waals surface area contributed by atoms with Crippen LogP contribution >= 0.6 is 0 Å². The van der Waals surface area contributed by atoms with Crippen molar-refractivity contribution in [2.75, 3.05) is 31.4 Å². The van der Waals surface area contributed by atoms with Crippen molar-refractivity contribution in [1.82, 2.24) is 10.3 Å². The molecule has 7 heteroatoms. The number of aromatic nitrogens is 1. The number of pyridine rings is 1. The van der Waals surface area contributed by atoms with Crippen LogP contribution in [0.4, 0.5) is 5.82 Å². The van der Waals surface area contributed by atoms with Crippen LogP contribution in [0.5, 0.6) is 17.2 Å². The van der Waals surface area contributed by atoms with Crippen LogP contribution in [0.15, 0.2) is 48.5 Å². The Morgan fingerprint density at radius 3 is 2.84 bits per heavy atom. The second-order valence-corrected chi connectivity index (χ2v) is 8.42. The molecule has 0 atom stereocenters. The Kier molecular flexibility index (Phi) is 5.71. The summed E-state index contributed by atoms with van der Waals surface area (Å²) in [5, 5.41) is 3.88. The number of carbonyl (C=O) groups excluding carboxylic acids is 1. The van der Waals surface area contributed by atoms with Gasteiger partial charge in [0.15, 0.2) is 18.1 Å². The largest absolute Gasteiger partial charge is 0.481 e. The molecule has 0 saturated carbocycles. The minimum absolute atomic E-state index is 0.0726. The lowest BCUT2D eigenvalue weighted by molar-refractivity contribution is -0.123. The predicted octanol–water partition coefficient (Wildman–Crippen LogP) is 3.90. The summed E-state index contributed by atoms with van der Waals surface area (Å²) < 4.78 is 16.6. The lowest BCUT2D eigenvalue weighted by Gasteiger charge is -2.31. The highest BCUT2D eigenvalue weighted by Crippen LogP contribution is 2.32. The molecule has 5 rings (SSSR count). The SMILES string of the molecule is CC1CCN(c2ccc3cccc(OCC(=O)NCc4ccc5c(c4)OCO5)c3n2)CC1. The Morgan fingerprint density at radius 1 is 1.12 bits per heavy atom. The fourth-order valence-corrected chi connectivity index (χ4v) is 4.09. The lowest BCUT2D eigenvalue weighted by Crippen LogP contribution is -2.33. The summed E-state index contributed by atoms with van der Waals surface area (Å²) in [6.07, 6.45) is 2.36. The van der Waals surface area contributed by atoms with Crippen LogP contribution in [-0.2, 0) is 11.3 Å². The molecule has 166 valence electrons. The van der Waals surface area contributed by atoms with Crippen molar-refractivity contribution < 1.29 is 19.0 Å². The Morgan fingerprint density at radius 2 is 1.97 bits per heavy atom. The van der Waals surface area contributed by atoms with Crippen molar-refractivity contribution in [1.29, 1.82) is 0 Å². The van der Waals surface area contributed by atoms with E-state index in [0.29, 0.717) is 18.0 Å². The fraction of sp³-hybridized carbons (Fsp3) is 0.360. The molecule has 2 aliphatic heterocycles. The normalized spacial score (nSPS) is 15.7. The molecular weight excluding hydrogens is 406 g/mol. The average Bonchev–Trinajstić information content (AvgIpc) is 3.29. The van der Waals surface area contributed by atoms with Gasteiger partial charge in [-0.3, -0.25) is 4.79 Å². The fourth-order valence-electron chi connectivity index (χ4n) is 4.09. The Bertz CT molecular complexity index is 1130. The summed E-state index contributed by atoms with van der Waals surface area (Å²) in [4.78, 5) is 19.6. The zero-order valence-corrected chi connectivity index (χ0v) is 18.2. The number of carbonyl (C=O) groups is 1. The van der Waals surface area contributed by atoms with Crippen LogP contribution in [0.25, 0.3) is 10.9 Å². The van der Waals surface area contributed by atoms with E-state index in [-0.39, 0.29) is 19.3 Å². The van der Waals surface area contributed by atoms with Crippen LogP contribution in [0.2, 0.25) is 0 Å². The van der Waals surface area contributed by atoms with Gasteiger partial charge in [-0.15, -0.1) is 0 Å². The third-order valence-electron chi connectivity index (χ3n) is 6.06. The van der Waals surface area contributed by atoms with Gasteiger partial charge in [0.25, 0.3) is 5.91 Å². The van der Waals surface area contributed by atoms with Crippen LogP contribution in [-0.4, -0.2) is 37.4 Å². The number of hydrogen-bond acceptors (Lipinski definition) is 6. The molecule has 1 aromatic heterocycles. The molecule has 0 radical (unpaired) electrons. The van der Waals surface area contributed by atoms with E-state index in [1.807, 2.05) is 36.4 Å². The van der Waals surface area contributed by atoms with E-state index in [1.54, 1.807) is 0 Å². The van der Waals surface area contributed by atoms with Gasteiger partial charge in [-0.1, -0.05) is 25.1 Å². The number of rotatable bonds is 6. The summed E-state index contributed by atoms with van der Waals surface area (Å²) in [5.74, 6) is 3.59. The summed E-state index contributed by atoms with van der Waals surface area (Å²) in [6.45, 7) is 4.89. The zero-order chi connectivity index (χ0) is 21.9. The molecule has 1 fully saturated rings. The molecule has 2 aromatic carbocycles. The molecule has 0 aliphatic carbocycles. The smallest absolute Gasteiger partial charge is 0.258 e. The molecule has 0 spiro atoms. The van der Waals surface area contributed by atoms with Crippen molar-refractivity contribution in [3.05, 3.63) is 54.1 Å². The summed E-state index contributed by atoms with van der Waals surface area (Å²) in [5.41, 5.74) is 1.72. The quantitative estimate of drug-likeness (QED) is 0.636. The van der Waals surface area contributed by atoms with Crippen molar-refractivity contribution in [3.63, 3.8) is 0 Å². The Balaban J connectivity index is 1.22. The number of hydrogen-bond donors (Lipinski definition) is 1. The van der Waals surface area contributed by atoms with Crippen molar-refractivity contribution in [2.45, 2.75) is 26.3 Å². The van der Waals surface area contributed by atoms with E-state index in [9.17, 15) is 4.79 Å². The van der Waals surface area contributed by atoms with Gasteiger partial charge in [0.05, 0.1) is 0 Å². The minimum Gasteiger partial charge on any atom is -0.481 e. The zero-order valence-electron chi connectivity index (χ0n) is 18.2. The third-order valence-corrected chi connectivity index (χ3v) is 6.06. The predicted molar refractivity (Wildman–Crippen MR) is 122 cm³/mol. The number of nitrogens with one attached hydrogen (secondary N) is 1. The molecule has 1 saturated heterocycles. The second kappa shape index (κ2) is 8.94. The average molecular weight is 434 g/mol. The summed E-state index contributed by atoms with van der Waals surface area (Å²) in [6, 6.07) is 15.6. The molecule has 7 nitrogen and oxygen atoms in total. The Labute approximate surface area is 187 Å². The van der Waals surface area contributed by atoms with E-state index in [1.165, 1.54) is 12.8 Å². The molecule has 3 heterocycles. The van der Waals surface area contributed by atoms with Crippen molar-refractivity contribution in [3.8, 4) is 17.2 Å². The summed E-state index contributed by atoms with van der Waals surface area (Å²) >= 11 is 0. The molecule has 2 aliphatic rings. The van der Waals surface area contributed by atoms with Crippen molar-refractivity contribution >= 4 is 22.6 Å². The first-order valence-electron chi connectivity index (χ1n) is 11.1. The van der Waals surface area contributed by atoms with Crippen molar-refractivity contribution in [2.24, 2.45) is 5.92 Å². The Hall–Kier alpha value is -3.48. The van der Waals surface area contributed by atoms with Gasteiger partial charge < -0.3 is 24.4 Å². The number of benzene rings is 2. The number of anilines is 1. The first-order chi connectivity index (χ1) is 15.7. The van der Waals surface area contributed by atoms with E-state index in [0.717, 1.165) is 47.0 Å². The monoisotopic (exact) mass is 433 g/mol. The number of nitrogens with zero attached hydrogens (tertiary/aromatic N) is 2. The molecule has 3 aromatic rings. The maximum absolute atomic E-state index is 12.4. The standard InChI is InChI=1S/C25H27N3O4/c1-17-9-11-28(12-10-17)23-8-6-19-3-2-4-21(25(19)27-23)30-15-24(29)26-14-18-5-7-20-22(13-18)32-16-31-20/h2-8,13,17H,9-12,14-16H2,1H3,(H,26,29). The number of ether oxygens (including phenoxy) is 3. The molecule has 32 heavy (non-hydrogen) atoms. The number of fused-ring (bicyclic) bond motifs is 2. The van der Waals surface area contributed by atoms with Crippen LogP contribution in [0.1, 0.15) is 25.3 Å². The minimum atomic E-state index is -0.194. The maximum atomic E-state index is 12.4. The number of para-hydroxylation sites is 1. The van der Waals surface area contributed by atoms with E-state index in [4.69, 9.17) is 19.2 Å². The first kappa shape index (κ1) is 20.4. The van der Waals surface area contributed by atoms with Crippen LogP contribution in [0.3, 0.4) is 0 Å². The number of amides is 1. The highest BCUT2D eigenvalue weighted by Gasteiger charge is 2.18. The van der Waals surface area contributed by atoms with Crippen LogP contribution < -0.4 is 24.4 Å². The van der Waals surface area contributed by atoms with E-state index in [2.05, 4.69) is 29.3 Å². The lowest BCUT2D eigenvalue weighted by atomic mass is 9.99. The van der Waals surface area contributed by atoms with Gasteiger partial charge in [-0.05, 0) is 54.7 Å². The molecule has 0 unspecified atom stereocenters.